The van der Waals surface area contributed by atoms with Crippen LogP contribution in [0.25, 0.3) is 0 Å². The van der Waals surface area contributed by atoms with Crippen LogP contribution in [0.1, 0.15) is 38.7 Å². The highest BCUT2D eigenvalue weighted by Crippen LogP contribution is 2.39. The SMILES string of the molecule is CCC1(CC)CCN(c2ccc(/C(N)=N/O)cc2F)C1. The van der Waals surface area contributed by atoms with Gasteiger partial charge in [-0.2, -0.15) is 0 Å². The first-order chi connectivity index (χ1) is 9.55. The Balaban J connectivity index is 2.23. The molecule has 1 aliphatic heterocycles. The van der Waals surface area contributed by atoms with E-state index in [0.29, 0.717) is 16.7 Å². The first kappa shape index (κ1) is 14.6. The molecule has 0 bridgehead atoms. The van der Waals surface area contributed by atoms with E-state index in [1.807, 2.05) is 0 Å². The molecule has 1 fully saturated rings. The van der Waals surface area contributed by atoms with Crippen molar-refractivity contribution in [2.75, 3.05) is 18.0 Å². The van der Waals surface area contributed by atoms with E-state index in [0.717, 1.165) is 32.4 Å². The highest BCUT2D eigenvalue weighted by Gasteiger charge is 2.35. The van der Waals surface area contributed by atoms with E-state index in [9.17, 15) is 4.39 Å². The fourth-order valence-electron chi connectivity index (χ4n) is 2.95. The summed E-state index contributed by atoms with van der Waals surface area (Å²) in [6.07, 6.45) is 3.33. The standard InChI is InChI=1S/C15H22FN3O/c1-3-15(4-2)7-8-19(10-15)13-6-5-11(9-12(13)16)14(17)18-20/h5-6,9,20H,3-4,7-8,10H2,1-2H3,(H2,17,18). The van der Waals surface area contributed by atoms with Crippen LogP contribution in [0.2, 0.25) is 0 Å². The van der Waals surface area contributed by atoms with Crippen LogP contribution in [-0.4, -0.2) is 24.1 Å². The smallest absolute Gasteiger partial charge is 0.170 e. The zero-order valence-electron chi connectivity index (χ0n) is 12.1. The highest BCUT2D eigenvalue weighted by atomic mass is 19.1. The maximum atomic E-state index is 14.2. The molecule has 1 heterocycles. The van der Waals surface area contributed by atoms with E-state index in [2.05, 4.69) is 23.9 Å². The topological polar surface area (TPSA) is 61.8 Å². The summed E-state index contributed by atoms with van der Waals surface area (Å²) in [7, 11) is 0. The van der Waals surface area contributed by atoms with Crippen LogP contribution >= 0.6 is 0 Å². The molecule has 110 valence electrons. The molecule has 0 radical (unpaired) electrons. The summed E-state index contributed by atoms with van der Waals surface area (Å²) in [4.78, 5) is 2.10. The second-order valence-electron chi connectivity index (χ2n) is 5.53. The number of benzene rings is 1. The van der Waals surface area contributed by atoms with Crippen LogP contribution in [0.3, 0.4) is 0 Å². The molecule has 4 nitrogen and oxygen atoms in total. The van der Waals surface area contributed by atoms with Gasteiger partial charge in [0.15, 0.2) is 5.84 Å². The minimum Gasteiger partial charge on any atom is -0.409 e. The summed E-state index contributed by atoms with van der Waals surface area (Å²) in [6, 6.07) is 4.72. The van der Waals surface area contributed by atoms with Crippen LogP contribution in [-0.2, 0) is 0 Å². The first-order valence-electron chi connectivity index (χ1n) is 7.07. The van der Waals surface area contributed by atoms with Gasteiger partial charge in [0.1, 0.15) is 5.82 Å². The summed E-state index contributed by atoms with van der Waals surface area (Å²) >= 11 is 0. The molecule has 1 saturated heterocycles. The molecule has 0 spiro atoms. The third-order valence-electron chi connectivity index (χ3n) is 4.63. The Kier molecular flexibility index (Phi) is 4.16. The van der Waals surface area contributed by atoms with Crippen LogP contribution in [0.15, 0.2) is 23.4 Å². The second kappa shape index (κ2) is 5.69. The van der Waals surface area contributed by atoms with Gasteiger partial charge in [-0.1, -0.05) is 19.0 Å². The minimum atomic E-state index is -0.322. The van der Waals surface area contributed by atoms with Crippen molar-refractivity contribution in [1.29, 1.82) is 0 Å². The molecule has 1 aliphatic rings. The molecule has 1 aromatic rings. The summed E-state index contributed by atoms with van der Waals surface area (Å²) in [5, 5.41) is 11.5. The summed E-state index contributed by atoms with van der Waals surface area (Å²) in [5.74, 6) is -0.398. The molecule has 0 unspecified atom stereocenters. The number of oxime groups is 1. The summed E-state index contributed by atoms with van der Waals surface area (Å²) in [5.41, 5.74) is 6.77. The van der Waals surface area contributed by atoms with Crippen LogP contribution in [0.4, 0.5) is 10.1 Å². The molecular formula is C15H22FN3O. The maximum absolute atomic E-state index is 14.2. The Morgan fingerprint density at radius 1 is 1.45 bits per heavy atom. The van der Waals surface area contributed by atoms with Crippen molar-refractivity contribution in [3.63, 3.8) is 0 Å². The van der Waals surface area contributed by atoms with Gasteiger partial charge in [-0.15, -0.1) is 0 Å². The van der Waals surface area contributed by atoms with E-state index < -0.39 is 0 Å². The molecule has 0 aliphatic carbocycles. The molecule has 0 atom stereocenters. The van der Waals surface area contributed by atoms with E-state index in [1.165, 1.54) is 6.07 Å². The number of rotatable bonds is 4. The fourth-order valence-corrected chi connectivity index (χ4v) is 2.95. The lowest BCUT2D eigenvalue weighted by molar-refractivity contribution is 0.301. The van der Waals surface area contributed by atoms with Gasteiger partial charge in [0, 0.05) is 18.7 Å². The fraction of sp³-hybridized carbons (Fsp3) is 0.533. The molecule has 0 amide bonds. The van der Waals surface area contributed by atoms with E-state index in [-0.39, 0.29) is 11.7 Å². The van der Waals surface area contributed by atoms with Crippen molar-refractivity contribution >= 4 is 11.5 Å². The van der Waals surface area contributed by atoms with Crippen molar-refractivity contribution in [1.82, 2.24) is 0 Å². The number of nitrogens with two attached hydrogens (primary N) is 1. The van der Waals surface area contributed by atoms with Gasteiger partial charge in [0.05, 0.1) is 5.69 Å². The van der Waals surface area contributed by atoms with Gasteiger partial charge in [-0.3, -0.25) is 0 Å². The Labute approximate surface area is 119 Å². The average Bonchev–Trinajstić information content (AvgIpc) is 2.91. The lowest BCUT2D eigenvalue weighted by atomic mass is 9.82. The van der Waals surface area contributed by atoms with E-state index in [4.69, 9.17) is 10.9 Å². The number of nitrogens with zero attached hydrogens (tertiary/aromatic N) is 2. The van der Waals surface area contributed by atoms with Crippen LogP contribution < -0.4 is 10.6 Å². The molecule has 5 heteroatoms. The van der Waals surface area contributed by atoms with Crippen LogP contribution in [0.5, 0.6) is 0 Å². The third kappa shape index (κ3) is 2.57. The molecular weight excluding hydrogens is 257 g/mol. The van der Waals surface area contributed by atoms with E-state index >= 15 is 0 Å². The average molecular weight is 279 g/mol. The van der Waals surface area contributed by atoms with Crippen LogP contribution in [0, 0.1) is 11.2 Å². The Morgan fingerprint density at radius 3 is 2.65 bits per heavy atom. The van der Waals surface area contributed by atoms with Crippen molar-refractivity contribution in [2.45, 2.75) is 33.1 Å². The van der Waals surface area contributed by atoms with Crippen molar-refractivity contribution in [2.24, 2.45) is 16.3 Å². The number of hydrogen-bond donors (Lipinski definition) is 2. The van der Waals surface area contributed by atoms with Crippen molar-refractivity contribution < 1.29 is 9.60 Å². The number of amidine groups is 1. The van der Waals surface area contributed by atoms with Gasteiger partial charge < -0.3 is 15.8 Å². The quantitative estimate of drug-likeness (QED) is 0.385. The largest absolute Gasteiger partial charge is 0.409 e. The molecule has 0 saturated carbocycles. The van der Waals surface area contributed by atoms with Gasteiger partial charge in [-0.25, -0.2) is 4.39 Å². The third-order valence-corrected chi connectivity index (χ3v) is 4.63. The number of hydrogen-bond acceptors (Lipinski definition) is 3. The normalized spacial score (nSPS) is 18.6. The second-order valence-corrected chi connectivity index (χ2v) is 5.53. The minimum absolute atomic E-state index is 0.0756. The van der Waals surface area contributed by atoms with Gasteiger partial charge in [0.2, 0.25) is 0 Å². The lowest BCUT2D eigenvalue weighted by Crippen LogP contribution is -2.27. The van der Waals surface area contributed by atoms with Gasteiger partial charge >= 0.3 is 0 Å². The first-order valence-corrected chi connectivity index (χ1v) is 7.07. The molecule has 0 aromatic heterocycles. The van der Waals surface area contributed by atoms with E-state index in [1.54, 1.807) is 12.1 Å². The predicted octanol–water partition coefficient (Wildman–Crippen LogP) is 2.94. The Hall–Kier alpha value is -1.78. The van der Waals surface area contributed by atoms with Gasteiger partial charge in [0.25, 0.3) is 0 Å². The predicted molar refractivity (Wildman–Crippen MR) is 78.8 cm³/mol. The maximum Gasteiger partial charge on any atom is 0.170 e. The molecule has 1 aromatic carbocycles. The highest BCUT2D eigenvalue weighted by molar-refractivity contribution is 5.97. The molecule has 3 N–H and O–H groups in total. The summed E-state index contributed by atoms with van der Waals surface area (Å²) in [6.45, 7) is 6.16. The zero-order chi connectivity index (χ0) is 14.8. The Morgan fingerprint density at radius 2 is 2.15 bits per heavy atom. The molecule has 20 heavy (non-hydrogen) atoms. The molecule has 2 rings (SSSR count). The van der Waals surface area contributed by atoms with Crippen molar-refractivity contribution in [3.05, 3.63) is 29.6 Å². The number of anilines is 1. The van der Waals surface area contributed by atoms with Gasteiger partial charge in [-0.05, 0) is 42.9 Å². The number of halogens is 1. The summed E-state index contributed by atoms with van der Waals surface area (Å²) < 4.78 is 14.2. The van der Waals surface area contributed by atoms with Crippen molar-refractivity contribution in [3.8, 4) is 0 Å². The Bertz CT molecular complexity index is 512. The monoisotopic (exact) mass is 279 g/mol. The lowest BCUT2D eigenvalue weighted by Gasteiger charge is -2.27. The zero-order valence-corrected chi connectivity index (χ0v) is 12.1.